The summed E-state index contributed by atoms with van der Waals surface area (Å²) in [6.07, 6.45) is 4.89. The van der Waals surface area contributed by atoms with E-state index in [1.54, 1.807) is 43.5 Å². The molecule has 6 rings (SSSR count). The Labute approximate surface area is 434 Å². The number of guanidine groups is 1. The van der Waals surface area contributed by atoms with E-state index >= 15 is 0 Å². The molecule has 2 aliphatic rings. The molecule has 4 aromatic rings. The van der Waals surface area contributed by atoms with Gasteiger partial charge in [-0.1, -0.05) is 90.4 Å². The third-order valence-electron chi connectivity index (χ3n) is 12.7. The minimum Gasteiger partial charge on any atom is -0.370 e. The number of hydrogen-bond acceptors (Lipinski definition) is 13. The quantitative estimate of drug-likeness (QED) is 0.0223. The molecule has 2 aliphatic heterocycles. The first kappa shape index (κ1) is 55.9. The van der Waals surface area contributed by atoms with Crippen molar-refractivity contribution in [3.8, 4) is 0 Å². The molecule has 9 unspecified atom stereocenters. The SMILES string of the molecule is CCC(C)C1NC(=O)N(C2CSSCC(C([NH3+])=O)NC(=O)C(Cc3c[nH]c4ccccc34)NC(=O)C(CCCN=C(N)N)NC(=O)C(Cc3ccccc3)NC(=O)C(Cc3cnc[nH]3)NC(=O)C(C)NC2=O)C1=O. The molecular formula is C48H64N15O9S2+. The van der Waals surface area contributed by atoms with E-state index < -0.39 is 102 Å². The number of fused-ring (bicyclic) bond motifs is 1. The molecule has 2 fully saturated rings. The Balaban J connectivity index is 1.39. The molecule has 74 heavy (non-hydrogen) atoms. The van der Waals surface area contributed by atoms with Crippen molar-refractivity contribution in [2.45, 2.75) is 108 Å². The zero-order valence-electron chi connectivity index (χ0n) is 41.2. The van der Waals surface area contributed by atoms with Crippen molar-refractivity contribution in [1.29, 1.82) is 0 Å². The summed E-state index contributed by atoms with van der Waals surface area (Å²) < 4.78 is 0. The van der Waals surface area contributed by atoms with Crippen molar-refractivity contribution < 1.29 is 48.9 Å². The number of H-pyrrole nitrogens is 2. The maximum Gasteiger partial charge on any atom is 0.332 e. The second-order valence-corrected chi connectivity index (χ2v) is 20.6. The first-order valence-corrected chi connectivity index (χ1v) is 26.6. The highest BCUT2D eigenvalue weighted by atomic mass is 33.1. The van der Waals surface area contributed by atoms with Crippen LogP contribution in [0.1, 0.15) is 56.9 Å². The predicted octanol–water partition coefficient (Wildman–Crippen LogP) is -1.60. The summed E-state index contributed by atoms with van der Waals surface area (Å²) in [5.41, 5.74) is 17.2. The second-order valence-electron chi connectivity index (χ2n) is 18.1. The van der Waals surface area contributed by atoms with Gasteiger partial charge in [-0.2, -0.15) is 0 Å². The number of nitrogens with zero attached hydrogens (tertiary/aromatic N) is 3. The topological polar surface area (TPSA) is 378 Å². The smallest absolute Gasteiger partial charge is 0.332 e. The number of nitrogens with one attached hydrogen (secondary N) is 9. The van der Waals surface area contributed by atoms with Crippen LogP contribution in [-0.4, -0.2) is 145 Å². The molecule has 0 radical (unpaired) electrons. The van der Waals surface area contributed by atoms with Gasteiger partial charge in [0.05, 0.1) is 6.33 Å². The van der Waals surface area contributed by atoms with Crippen LogP contribution in [0.5, 0.6) is 0 Å². The molecule has 0 spiro atoms. The van der Waals surface area contributed by atoms with E-state index in [9.17, 15) is 43.2 Å². The summed E-state index contributed by atoms with van der Waals surface area (Å²) in [4.78, 5) is 142. The number of para-hydroxylation sites is 1. The van der Waals surface area contributed by atoms with Crippen LogP contribution in [0, 0.1) is 5.92 Å². The van der Waals surface area contributed by atoms with Gasteiger partial charge in [-0.15, -0.1) is 0 Å². The van der Waals surface area contributed by atoms with Gasteiger partial charge in [-0.05, 0) is 42.9 Å². The van der Waals surface area contributed by atoms with Crippen molar-refractivity contribution in [2.24, 2.45) is 22.4 Å². The lowest BCUT2D eigenvalue weighted by atomic mass is 9.99. The van der Waals surface area contributed by atoms with Gasteiger partial charge in [0.2, 0.25) is 35.4 Å². The van der Waals surface area contributed by atoms with E-state index in [1.807, 2.05) is 31.2 Å². The van der Waals surface area contributed by atoms with Crippen molar-refractivity contribution >= 4 is 91.7 Å². The molecule has 2 aromatic carbocycles. The third kappa shape index (κ3) is 15.1. The highest BCUT2D eigenvalue weighted by Crippen LogP contribution is 2.28. The summed E-state index contributed by atoms with van der Waals surface area (Å²) in [5.74, 6) is -7.01. The van der Waals surface area contributed by atoms with Gasteiger partial charge >= 0.3 is 11.9 Å². The molecule has 0 aliphatic carbocycles. The second kappa shape index (κ2) is 26.5. The molecule has 16 N–H and O–H groups in total. The van der Waals surface area contributed by atoms with Gasteiger partial charge in [0.15, 0.2) is 12.0 Å². The molecule has 2 saturated heterocycles. The molecule has 26 heteroatoms. The number of carbonyl (C=O) groups excluding carboxylic acids is 9. The summed E-state index contributed by atoms with van der Waals surface area (Å²) in [7, 11) is 2.07. The number of nitrogens with two attached hydrogens (primary N) is 2. The van der Waals surface area contributed by atoms with Crippen LogP contribution in [0.3, 0.4) is 0 Å². The predicted molar refractivity (Wildman–Crippen MR) is 277 cm³/mol. The molecular weight excluding hydrogens is 995 g/mol. The lowest BCUT2D eigenvalue weighted by Gasteiger charge is -2.28. The van der Waals surface area contributed by atoms with E-state index in [2.05, 4.69) is 62.9 Å². The van der Waals surface area contributed by atoms with Gasteiger partial charge in [-0.25, -0.2) is 19.5 Å². The van der Waals surface area contributed by atoms with Gasteiger partial charge in [0.1, 0.15) is 42.3 Å². The molecule has 0 bridgehead atoms. The van der Waals surface area contributed by atoms with Gasteiger partial charge in [0.25, 0.3) is 5.91 Å². The molecule has 2 aromatic heterocycles. The number of benzene rings is 2. The lowest BCUT2D eigenvalue weighted by Crippen LogP contribution is -2.68. The van der Waals surface area contributed by atoms with Crippen molar-refractivity contribution in [3.63, 3.8) is 0 Å². The number of hydrogen-bond donors (Lipinski definition) is 12. The van der Waals surface area contributed by atoms with E-state index in [4.69, 9.17) is 11.5 Å². The fourth-order valence-electron chi connectivity index (χ4n) is 8.29. The van der Waals surface area contributed by atoms with Crippen LogP contribution >= 0.6 is 21.6 Å². The number of aromatic nitrogens is 3. The molecule has 396 valence electrons. The maximum atomic E-state index is 14.6. The van der Waals surface area contributed by atoms with Crippen molar-refractivity contribution in [2.75, 3.05) is 18.1 Å². The average molecular weight is 1060 g/mol. The highest BCUT2D eigenvalue weighted by molar-refractivity contribution is 8.76. The molecule has 10 amide bonds. The van der Waals surface area contributed by atoms with Crippen molar-refractivity contribution in [1.82, 2.24) is 57.1 Å². The summed E-state index contributed by atoms with van der Waals surface area (Å²) >= 11 is 0. The van der Waals surface area contributed by atoms with E-state index in [-0.39, 0.29) is 62.0 Å². The zero-order valence-corrected chi connectivity index (χ0v) is 42.8. The first-order chi connectivity index (χ1) is 35.4. The summed E-state index contributed by atoms with van der Waals surface area (Å²) in [5, 5.41) is 19.8. The van der Waals surface area contributed by atoms with Gasteiger partial charge in [-0.3, -0.25) is 44.3 Å². The average Bonchev–Trinajstić information content (AvgIpc) is 4.12. The number of quaternary nitrogens is 1. The fourth-order valence-corrected chi connectivity index (χ4v) is 10.7. The minimum absolute atomic E-state index is 0.0400. The number of aliphatic imine (C=N–C) groups is 1. The monoisotopic (exact) mass is 1060 g/mol. The van der Waals surface area contributed by atoms with Crippen LogP contribution in [0.15, 0.2) is 78.3 Å². The molecule has 0 saturated carbocycles. The van der Waals surface area contributed by atoms with Gasteiger partial charge < -0.3 is 58.7 Å². The first-order valence-electron chi connectivity index (χ1n) is 24.1. The standard InChI is InChI=1S/C48H63N15O9S2/c1-4-25(2)38-46(71)63(48(72)62-38)37-23-74-73-22-36(39(49)64)61-43(68)34(18-28-20-54-31-14-9-8-13-30(28)31)60-41(66)32(15-10-16-53-47(50)51)57-42(67)33(17-27-11-6-5-7-12-27)59-44(69)35(19-29-21-52-24-55-29)58-40(65)26(3)56-45(37)70/h5-9,11-14,20-21,24-26,32-38,54H,4,10,15-19,22-23H2,1-3H3,(H2,49,64)(H,52,55)(H,56,70)(H,57,67)(H,58,65)(H,59,69)(H,60,66)(H,61,68)(H,62,72)(H4,50,51,53)/p+1. The fraction of sp³-hybridized carbons (Fsp3) is 0.438. The van der Waals surface area contributed by atoms with E-state index in [0.29, 0.717) is 23.2 Å². The largest absolute Gasteiger partial charge is 0.370 e. The van der Waals surface area contributed by atoms with Crippen LogP contribution < -0.4 is 54.4 Å². The lowest BCUT2D eigenvalue weighted by molar-refractivity contribution is -0.307. The van der Waals surface area contributed by atoms with Crippen molar-refractivity contribution in [3.05, 3.63) is 90.1 Å². The Morgan fingerprint density at radius 3 is 2.05 bits per heavy atom. The molecule has 24 nitrogen and oxygen atoms in total. The number of aromatic amines is 2. The normalized spacial score (nSPS) is 24.6. The zero-order chi connectivity index (χ0) is 53.5. The Morgan fingerprint density at radius 2 is 1.38 bits per heavy atom. The van der Waals surface area contributed by atoms with Crippen LogP contribution in [-0.2, 0) is 57.6 Å². The van der Waals surface area contributed by atoms with Crippen LogP contribution in [0.4, 0.5) is 4.79 Å². The number of urea groups is 1. The minimum atomic E-state index is -1.47. The number of amides is 10. The Kier molecular flexibility index (Phi) is 20.0. The number of rotatable bonds is 14. The number of carbonyl (C=O) groups is 9. The Hall–Kier alpha value is -7.45. The van der Waals surface area contributed by atoms with Gasteiger partial charge in [0, 0.05) is 66.3 Å². The Morgan fingerprint density at radius 1 is 0.757 bits per heavy atom. The number of imidazole rings is 1. The Bertz CT molecular complexity index is 2680. The van der Waals surface area contributed by atoms with E-state index in [0.717, 1.165) is 37.4 Å². The van der Waals surface area contributed by atoms with Crippen LogP contribution in [0.2, 0.25) is 0 Å². The molecule has 4 heterocycles. The summed E-state index contributed by atoms with van der Waals surface area (Å²) in [6.45, 7) is 5.06. The highest BCUT2D eigenvalue weighted by Gasteiger charge is 2.47. The third-order valence-corrected chi connectivity index (χ3v) is 15.1. The summed E-state index contributed by atoms with van der Waals surface area (Å²) in [6, 6.07) is 4.82. The molecule has 9 atom stereocenters. The maximum absolute atomic E-state index is 14.6. The van der Waals surface area contributed by atoms with Crippen LogP contribution in [0.25, 0.3) is 10.9 Å². The number of imide groups is 1. The van der Waals surface area contributed by atoms with E-state index in [1.165, 1.54) is 19.4 Å².